The fraction of sp³-hybridized carbons (Fsp3) is 0. The molecule has 0 aliphatic heterocycles. The molecule has 11 aromatic carbocycles. The average molecular weight is 991 g/mol. The SMILES string of the molecule is c1ccc(S(c2ccccc2)(c2ccccc2)c2ccccc2-c2ccc(-n3c4ccccc4c4ccccc43)c(-c3nc(-n4c5ccccc5c5ccccc54)nc(-n4c5ccccc5c5ccccc54)n3)c2)cc1. The first-order chi connectivity index (χ1) is 37.7. The first kappa shape index (κ1) is 43.7. The molecule has 0 radical (unpaired) electrons. The minimum Gasteiger partial charge on any atom is -0.309 e. The molecule has 0 N–H and O–H groups in total. The van der Waals surface area contributed by atoms with Crippen molar-refractivity contribution in [2.24, 2.45) is 0 Å². The topological polar surface area (TPSA) is 53.5 Å². The highest BCUT2D eigenvalue weighted by Gasteiger charge is 2.35. The van der Waals surface area contributed by atoms with Gasteiger partial charge in [-0.25, -0.2) is 0 Å². The van der Waals surface area contributed by atoms with Gasteiger partial charge in [-0.05, 0) is 102 Å². The summed E-state index contributed by atoms with van der Waals surface area (Å²) in [7, 11) is -2.09. The standard InChI is InChI=1S/C69H46N6S/c1-4-24-48(25-5-1)76(49-26-6-2-7-27-49,50-28-8-3-9-29-50)66-43-23-16-30-51(66)47-44-45-65(73-59-37-17-10-31-52(59)53-32-11-18-38-60(53)73)58(46-47)67-70-68(74-61-39-19-12-33-54(61)55-34-13-20-40-62(55)74)72-69(71-67)75-63-41-21-14-35-56(63)57-36-15-22-42-64(57)75/h1-46H. The van der Waals surface area contributed by atoms with E-state index in [2.05, 4.69) is 293 Å². The van der Waals surface area contributed by atoms with E-state index in [9.17, 15) is 0 Å². The zero-order valence-electron chi connectivity index (χ0n) is 41.1. The lowest BCUT2D eigenvalue weighted by Gasteiger charge is -2.43. The Bertz CT molecular complexity index is 4320. The van der Waals surface area contributed by atoms with Crippen molar-refractivity contribution in [2.75, 3.05) is 0 Å². The van der Waals surface area contributed by atoms with E-state index >= 15 is 0 Å². The van der Waals surface area contributed by atoms with Crippen LogP contribution in [0.1, 0.15) is 0 Å². The van der Waals surface area contributed by atoms with Gasteiger partial charge in [0.05, 0.1) is 38.8 Å². The Morgan fingerprint density at radius 3 is 0.987 bits per heavy atom. The van der Waals surface area contributed by atoms with E-state index in [4.69, 9.17) is 15.0 Å². The molecule has 0 saturated heterocycles. The summed E-state index contributed by atoms with van der Waals surface area (Å²) in [6.07, 6.45) is 0. The van der Waals surface area contributed by atoms with Crippen LogP contribution in [0.5, 0.6) is 0 Å². The number of nitrogens with zero attached hydrogens (tertiary/aromatic N) is 6. The summed E-state index contributed by atoms with van der Waals surface area (Å²) < 4.78 is 6.82. The monoisotopic (exact) mass is 990 g/mol. The van der Waals surface area contributed by atoms with Crippen LogP contribution in [0, 0.1) is 0 Å². The van der Waals surface area contributed by atoms with Gasteiger partial charge < -0.3 is 4.57 Å². The summed E-state index contributed by atoms with van der Waals surface area (Å²) >= 11 is 0. The maximum absolute atomic E-state index is 5.72. The smallest absolute Gasteiger partial charge is 0.240 e. The van der Waals surface area contributed by atoms with Gasteiger partial charge in [-0.2, -0.15) is 15.0 Å². The van der Waals surface area contributed by atoms with Crippen molar-refractivity contribution in [3.63, 3.8) is 0 Å². The third kappa shape index (κ3) is 6.66. The lowest BCUT2D eigenvalue weighted by atomic mass is 10.0. The Morgan fingerprint density at radius 1 is 0.263 bits per heavy atom. The minimum absolute atomic E-state index is 0.527. The molecule has 7 heteroatoms. The molecular weight excluding hydrogens is 945 g/mol. The molecule has 4 heterocycles. The van der Waals surface area contributed by atoms with Crippen molar-refractivity contribution in [3.05, 3.63) is 279 Å². The van der Waals surface area contributed by atoms with Gasteiger partial charge in [-0.15, -0.1) is 10.0 Å². The fourth-order valence-electron chi connectivity index (χ4n) is 11.8. The van der Waals surface area contributed by atoms with Gasteiger partial charge in [0.2, 0.25) is 11.9 Å². The van der Waals surface area contributed by atoms with Crippen molar-refractivity contribution < 1.29 is 0 Å². The molecule has 0 saturated carbocycles. The van der Waals surface area contributed by atoms with Crippen LogP contribution in [0.25, 0.3) is 106 Å². The van der Waals surface area contributed by atoms with E-state index in [-0.39, 0.29) is 0 Å². The predicted octanol–water partition coefficient (Wildman–Crippen LogP) is 17.8. The summed E-state index contributed by atoms with van der Waals surface area (Å²) in [4.78, 5) is 22.0. The average Bonchev–Trinajstić information content (AvgIpc) is 4.23. The summed E-state index contributed by atoms with van der Waals surface area (Å²) in [6, 6.07) is 101. The van der Waals surface area contributed by atoms with Gasteiger partial charge in [-0.3, -0.25) is 9.13 Å². The third-order valence-corrected chi connectivity index (χ3v) is 19.0. The first-order valence-corrected chi connectivity index (χ1v) is 27.3. The van der Waals surface area contributed by atoms with Gasteiger partial charge >= 0.3 is 0 Å². The molecule has 0 spiro atoms. The molecule has 6 nitrogen and oxygen atoms in total. The highest BCUT2D eigenvalue weighted by molar-refractivity contribution is 8.34. The maximum Gasteiger partial charge on any atom is 0.240 e. The largest absolute Gasteiger partial charge is 0.309 e. The number of fused-ring (bicyclic) bond motifs is 9. The summed E-state index contributed by atoms with van der Waals surface area (Å²) in [5.41, 5.74) is 10.3. The van der Waals surface area contributed by atoms with Gasteiger partial charge in [-0.1, -0.05) is 188 Å². The van der Waals surface area contributed by atoms with Gasteiger partial charge in [0.1, 0.15) is 0 Å². The lowest BCUT2D eigenvalue weighted by Crippen LogP contribution is -2.11. The molecule has 358 valence electrons. The van der Waals surface area contributed by atoms with Crippen LogP contribution in [0.15, 0.2) is 299 Å². The molecule has 0 fully saturated rings. The quantitative estimate of drug-likeness (QED) is 0.145. The van der Waals surface area contributed by atoms with E-state index in [1.165, 1.54) is 30.4 Å². The lowest BCUT2D eigenvalue weighted by molar-refractivity contribution is 0.892. The normalized spacial score (nSPS) is 12.2. The zero-order chi connectivity index (χ0) is 50.2. The Kier molecular flexibility index (Phi) is 10.2. The Balaban J connectivity index is 1.08. The van der Waals surface area contributed by atoms with Crippen molar-refractivity contribution in [1.82, 2.24) is 28.7 Å². The van der Waals surface area contributed by atoms with Crippen LogP contribution in [0.4, 0.5) is 0 Å². The van der Waals surface area contributed by atoms with Crippen LogP contribution < -0.4 is 0 Å². The zero-order valence-corrected chi connectivity index (χ0v) is 42.0. The van der Waals surface area contributed by atoms with Crippen molar-refractivity contribution >= 4 is 75.4 Å². The van der Waals surface area contributed by atoms with Crippen LogP contribution in [0.3, 0.4) is 0 Å². The predicted molar refractivity (Wildman–Crippen MR) is 314 cm³/mol. The fourth-order valence-corrected chi connectivity index (χ4v) is 15.9. The molecule has 0 aliphatic rings. The summed E-state index contributed by atoms with van der Waals surface area (Å²) in [5.74, 6) is 1.60. The molecule has 4 aromatic heterocycles. The molecule has 0 amide bonds. The first-order valence-electron chi connectivity index (χ1n) is 25.7. The second-order valence-electron chi connectivity index (χ2n) is 19.1. The number of para-hydroxylation sites is 6. The Hall–Kier alpha value is -9.82. The molecule has 76 heavy (non-hydrogen) atoms. The molecule has 0 bridgehead atoms. The summed E-state index contributed by atoms with van der Waals surface area (Å²) in [5, 5.41) is 6.86. The van der Waals surface area contributed by atoms with Gasteiger partial charge in [0.15, 0.2) is 5.82 Å². The van der Waals surface area contributed by atoms with Crippen molar-refractivity contribution in [1.29, 1.82) is 0 Å². The van der Waals surface area contributed by atoms with E-state index in [1.807, 2.05) is 0 Å². The van der Waals surface area contributed by atoms with Crippen LogP contribution in [-0.2, 0) is 0 Å². The Morgan fingerprint density at radius 2 is 0.592 bits per heavy atom. The number of rotatable bonds is 9. The van der Waals surface area contributed by atoms with Crippen molar-refractivity contribution in [3.8, 4) is 40.1 Å². The molecule has 15 aromatic rings. The van der Waals surface area contributed by atoms with Gasteiger partial charge in [0.25, 0.3) is 0 Å². The summed E-state index contributed by atoms with van der Waals surface area (Å²) in [6.45, 7) is 0. The maximum atomic E-state index is 5.72. The minimum atomic E-state index is -2.09. The molecule has 0 aliphatic carbocycles. The van der Waals surface area contributed by atoms with Gasteiger partial charge in [0, 0.05) is 57.5 Å². The number of benzene rings is 11. The number of hydrogen-bond donors (Lipinski definition) is 0. The van der Waals surface area contributed by atoms with E-state index in [0.29, 0.717) is 17.7 Å². The highest BCUT2D eigenvalue weighted by atomic mass is 32.3. The third-order valence-electron chi connectivity index (χ3n) is 15.0. The highest BCUT2D eigenvalue weighted by Crippen LogP contribution is 2.75. The number of aromatic nitrogens is 6. The Labute approximate surface area is 440 Å². The van der Waals surface area contributed by atoms with E-state index < -0.39 is 10.0 Å². The molecule has 0 unspecified atom stereocenters. The van der Waals surface area contributed by atoms with E-state index in [1.54, 1.807) is 0 Å². The van der Waals surface area contributed by atoms with Crippen LogP contribution in [-0.4, -0.2) is 28.7 Å². The van der Waals surface area contributed by atoms with Crippen molar-refractivity contribution in [2.45, 2.75) is 19.6 Å². The van der Waals surface area contributed by atoms with Crippen LogP contribution in [0.2, 0.25) is 0 Å². The van der Waals surface area contributed by atoms with E-state index in [0.717, 1.165) is 77.0 Å². The second-order valence-corrected chi connectivity index (χ2v) is 22.2. The molecule has 15 rings (SSSR count). The second kappa shape index (κ2) is 17.7. The van der Waals surface area contributed by atoms with Crippen LogP contribution >= 0.6 is 10.0 Å². The molecule has 0 atom stereocenters. The number of hydrogen-bond acceptors (Lipinski definition) is 3. The molecular formula is C69H46N6S.